The SMILES string of the molecule is O=C(Nc1ccccc1SC(F)F)c1ccc(S(=O)(=O)N[C@@H]2CCS(=O)(=O)C2)cc1. The first-order valence-electron chi connectivity index (χ1n) is 8.74. The Morgan fingerprint density at radius 3 is 2.37 bits per heavy atom. The number of hydrogen-bond donors (Lipinski definition) is 2. The van der Waals surface area contributed by atoms with E-state index in [2.05, 4.69) is 10.0 Å². The molecule has 0 aliphatic carbocycles. The first-order valence-corrected chi connectivity index (χ1v) is 12.9. The summed E-state index contributed by atoms with van der Waals surface area (Å²) in [6.07, 6.45) is 0.206. The zero-order chi connectivity index (χ0) is 21.9. The lowest BCUT2D eigenvalue weighted by atomic mass is 10.2. The van der Waals surface area contributed by atoms with Crippen LogP contribution in [0.3, 0.4) is 0 Å². The maximum Gasteiger partial charge on any atom is 0.288 e. The molecule has 0 aromatic heterocycles. The van der Waals surface area contributed by atoms with Gasteiger partial charge in [0.2, 0.25) is 10.0 Å². The quantitative estimate of drug-likeness (QED) is 0.595. The molecule has 0 saturated carbocycles. The number of para-hydroxylation sites is 1. The van der Waals surface area contributed by atoms with Crippen molar-refractivity contribution in [3.63, 3.8) is 0 Å². The molecule has 0 radical (unpaired) electrons. The number of amides is 1. The van der Waals surface area contributed by atoms with E-state index < -0.39 is 37.6 Å². The summed E-state index contributed by atoms with van der Waals surface area (Å²) in [7, 11) is -7.19. The number of rotatable bonds is 7. The van der Waals surface area contributed by atoms with Crippen molar-refractivity contribution in [3.05, 3.63) is 54.1 Å². The lowest BCUT2D eigenvalue weighted by Crippen LogP contribution is -2.35. The van der Waals surface area contributed by atoms with Crippen LogP contribution in [-0.4, -0.2) is 46.0 Å². The Hall–Kier alpha value is -2.02. The van der Waals surface area contributed by atoms with Crippen molar-refractivity contribution in [2.45, 2.75) is 28.0 Å². The van der Waals surface area contributed by atoms with Crippen LogP contribution < -0.4 is 10.0 Å². The third kappa shape index (κ3) is 5.78. The smallest absolute Gasteiger partial charge is 0.288 e. The Labute approximate surface area is 177 Å². The highest BCUT2D eigenvalue weighted by atomic mass is 32.2. The van der Waals surface area contributed by atoms with Crippen LogP contribution in [0.1, 0.15) is 16.8 Å². The van der Waals surface area contributed by atoms with Crippen molar-refractivity contribution in [1.29, 1.82) is 0 Å². The third-order valence-electron chi connectivity index (χ3n) is 4.33. The average molecular weight is 477 g/mol. The molecule has 7 nitrogen and oxygen atoms in total. The molecule has 12 heteroatoms. The Morgan fingerprint density at radius 2 is 1.77 bits per heavy atom. The molecule has 1 fully saturated rings. The summed E-state index contributed by atoms with van der Waals surface area (Å²) in [4.78, 5) is 12.5. The van der Waals surface area contributed by atoms with E-state index in [0.29, 0.717) is 11.8 Å². The standard InChI is InChI=1S/C18H18F2N2O5S3/c19-18(20)28-16-4-2-1-3-15(16)21-17(23)12-5-7-14(8-6-12)30(26,27)22-13-9-10-29(24,25)11-13/h1-8,13,18,22H,9-11H2,(H,21,23)/t13-/m1/s1. The minimum atomic E-state index is -3.95. The summed E-state index contributed by atoms with van der Waals surface area (Å²) in [6.45, 7) is 0. The lowest BCUT2D eigenvalue weighted by molar-refractivity contribution is 0.102. The van der Waals surface area contributed by atoms with Gasteiger partial charge in [0, 0.05) is 16.5 Å². The first kappa shape index (κ1) is 22.7. The molecule has 1 amide bonds. The molecule has 1 aliphatic rings. The normalized spacial score (nSPS) is 18.4. The van der Waals surface area contributed by atoms with Crippen LogP contribution in [0.4, 0.5) is 14.5 Å². The van der Waals surface area contributed by atoms with Crippen LogP contribution >= 0.6 is 11.8 Å². The number of alkyl halides is 2. The Kier molecular flexibility index (Phi) is 6.80. The maximum atomic E-state index is 12.7. The highest BCUT2D eigenvalue weighted by Gasteiger charge is 2.31. The van der Waals surface area contributed by atoms with E-state index in [1.807, 2.05) is 0 Å². The zero-order valence-corrected chi connectivity index (χ0v) is 17.9. The maximum absolute atomic E-state index is 12.7. The number of hydrogen-bond acceptors (Lipinski definition) is 6. The second-order valence-corrected chi connectivity index (χ2v) is 11.5. The molecule has 2 N–H and O–H groups in total. The summed E-state index contributed by atoms with van der Waals surface area (Å²) >= 11 is 0.304. The van der Waals surface area contributed by atoms with Gasteiger partial charge in [0.15, 0.2) is 9.84 Å². The van der Waals surface area contributed by atoms with Gasteiger partial charge in [0.25, 0.3) is 11.7 Å². The van der Waals surface area contributed by atoms with Crippen molar-refractivity contribution in [1.82, 2.24) is 4.72 Å². The van der Waals surface area contributed by atoms with Crippen molar-refractivity contribution in [2.75, 3.05) is 16.8 Å². The Morgan fingerprint density at radius 1 is 1.10 bits per heavy atom. The van der Waals surface area contributed by atoms with E-state index in [1.165, 1.54) is 36.4 Å². The second-order valence-electron chi connectivity index (χ2n) is 6.57. The monoisotopic (exact) mass is 476 g/mol. The van der Waals surface area contributed by atoms with Crippen molar-refractivity contribution in [3.8, 4) is 0 Å². The molecule has 2 aromatic carbocycles. The van der Waals surface area contributed by atoms with Gasteiger partial charge in [-0.2, -0.15) is 8.78 Å². The van der Waals surface area contributed by atoms with Gasteiger partial charge < -0.3 is 5.32 Å². The fourth-order valence-corrected chi connectivity index (χ4v) is 6.57. The van der Waals surface area contributed by atoms with Gasteiger partial charge in [0.1, 0.15) is 0 Å². The highest BCUT2D eigenvalue weighted by Crippen LogP contribution is 2.31. The fraction of sp³-hybridized carbons (Fsp3) is 0.278. The molecule has 0 unspecified atom stereocenters. The topological polar surface area (TPSA) is 109 Å². The minimum absolute atomic E-state index is 0.0649. The molecule has 1 atom stereocenters. The zero-order valence-electron chi connectivity index (χ0n) is 15.4. The van der Waals surface area contributed by atoms with Gasteiger partial charge in [-0.3, -0.25) is 4.79 Å². The van der Waals surface area contributed by atoms with Crippen LogP contribution in [-0.2, 0) is 19.9 Å². The van der Waals surface area contributed by atoms with Crippen LogP contribution in [0.15, 0.2) is 58.3 Å². The van der Waals surface area contributed by atoms with Crippen LogP contribution in [0, 0.1) is 0 Å². The number of thioether (sulfide) groups is 1. The number of benzene rings is 2. The molecule has 1 saturated heterocycles. The summed E-state index contributed by atoms with van der Waals surface area (Å²) in [5, 5.41) is 2.53. The van der Waals surface area contributed by atoms with E-state index in [-0.39, 0.29) is 39.0 Å². The largest absolute Gasteiger partial charge is 0.321 e. The highest BCUT2D eigenvalue weighted by molar-refractivity contribution is 7.99. The molecular weight excluding hydrogens is 458 g/mol. The predicted molar refractivity (Wildman–Crippen MR) is 110 cm³/mol. The number of sulfone groups is 1. The Bertz CT molecular complexity index is 1140. The summed E-state index contributed by atoms with van der Waals surface area (Å²) in [6, 6.07) is 10.4. The number of anilines is 1. The predicted octanol–water partition coefficient (Wildman–Crippen LogP) is 2.72. The molecule has 1 aliphatic heterocycles. The van der Waals surface area contributed by atoms with E-state index in [4.69, 9.17) is 0 Å². The molecule has 162 valence electrons. The second kappa shape index (κ2) is 9.00. The molecule has 2 aromatic rings. The van der Waals surface area contributed by atoms with Gasteiger partial charge in [0.05, 0.1) is 22.1 Å². The van der Waals surface area contributed by atoms with E-state index >= 15 is 0 Å². The lowest BCUT2D eigenvalue weighted by Gasteiger charge is -2.13. The number of carbonyl (C=O) groups excluding carboxylic acids is 1. The molecular formula is C18H18F2N2O5S3. The van der Waals surface area contributed by atoms with Gasteiger partial charge in [-0.25, -0.2) is 21.6 Å². The minimum Gasteiger partial charge on any atom is -0.321 e. The molecule has 3 rings (SSSR count). The van der Waals surface area contributed by atoms with Crippen LogP contribution in [0.25, 0.3) is 0 Å². The molecule has 0 spiro atoms. The number of sulfonamides is 1. The Balaban J connectivity index is 1.70. The average Bonchev–Trinajstić information content (AvgIpc) is 3.00. The number of nitrogens with one attached hydrogen (secondary N) is 2. The van der Waals surface area contributed by atoms with Crippen molar-refractivity contribution in [2.24, 2.45) is 0 Å². The van der Waals surface area contributed by atoms with Gasteiger partial charge in [-0.05, 0) is 42.8 Å². The van der Waals surface area contributed by atoms with E-state index in [1.54, 1.807) is 12.1 Å². The summed E-state index contributed by atoms with van der Waals surface area (Å²) in [5.74, 6) is -3.54. The fourth-order valence-electron chi connectivity index (χ4n) is 2.92. The van der Waals surface area contributed by atoms with Crippen LogP contribution in [0.2, 0.25) is 0 Å². The van der Waals surface area contributed by atoms with Gasteiger partial charge in [-0.15, -0.1) is 0 Å². The number of halogens is 2. The molecule has 30 heavy (non-hydrogen) atoms. The van der Waals surface area contributed by atoms with Gasteiger partial charge >= 0.3 is 0 Å². The van der Waals surface area contributed by atoms with Gasteiger partial charge in [-0.1, -0.05) is 23.9 Å². The van der Waals surface area contributed by atoms with Crippen molar-refractivity contribution >= 4 is 43.2 Å². The molecule has 0 bridgehead atoms. The number of carbonyl (C=O) groups is 1. The van der Waals surface area contributed by atoms with Crippen LogP contribution in [0.5, 0.6) is 0 Å². The summed E-state index contributed by atoms with van der Waals surface area (Å²) in [5.41, 5.74) is 0.350. The van der Waals surface area contributed by atoms with Crippen molar-refractivity contribution < 1.29 is 30.4 Å². The van der Waals surface area contributed by atoms with E-state index in [9.17, 15) is 30.4 Å². The van der Waals surface area contributed by atoms with E-state index in [0.717, 1.165) is 0 Å². The third-order valence-corrected chi connectivity index (χ3v) is 8.42. The molecule has 1 heterocycles. The summed E-state index contributed by atoms with van der Waals surface area (Å²) < 4.78 is 75.5. The first-order chi connectivity index (χ1) is 14.1.